The van der Waals surface area contributed by atoms with E-state index in [9.17, 15) is 10.1 Å². The van der Waals surface area contributed by atoms with Gasteiger partial charge < -0.3 is 0 Å². The number of nitrogen functional groups attached to an aromatic ring is 1. The Bertz CT molecular complexity index is 6340. The summed E-state index contributed by atoms with van der Waals surface area (Å²) in [5.74, 6) is 15.6. The van der Waals surface area contributed by atoms with Gasteiger partial charge in [0.15, 0.2) is 5.52 Å². The van der Waals surface area contributed by atoms with Crippen LogP contribution in [0.15, 0.2) is 131 Å². The van der Waals surface area contributed by atoms with Crippen molar-refractivity contribution in [1.29, 1.82) is 0 Å². The molecule has 17 rings (SSSR count). The number of aromatic nitrogens is 4. The molecular formula is C91H84BN6O4. The minimum atomic E-state index is -0.375. The monoisotopic (exact) mass is 1340 g/mol. The van der Waals surface area contributed by atoms with Crippen molar-refractivity contribution in [3.8, 4) is 23.7 Å². The van der Waals surface area contributed by atoms with Crippen LogP contribution in [-0.2, 0) is 0 Å². The number of nitrogens with zero attached hydrogens (tertiary/aromatic N) is 5. The molecule has 0 bridgehead atoms. The third-order valence-corrected chi connectivity index (χ3v) is 23.2. The summed E-state index contributed by atoms with van der Waals surface area (Å²) in [6.07, 6.45) is 30.2. The Labute approximate surface area is 593 Å². The number of unbranched alkanes of at least 4 members (excludes halogenated alkanes) is 19. The molecule has 1 radical (unpaired) electrons. The van der Waals surface area contributed by atoms with E-state index in [1.165, 1.54) is 144 Å². The van der Waals surface area contributed by atoms with Crippen molar-refractivity contribution in [3.05, 3.63) is 163 Å². The quantitative estimate of drug-likeness (QED) is 0.00791. The third-order valence-electron chi connectivity index (χ3n) is 23.2. The summed E-state index contributed by atoms with van der Waals surface area (Å²) in [7, 11) is 6.14. The maximum absolute atomic E-state index is 15.3. The fraction of sp³-hybridized carbons (Fsp3) is 0.330. The SMILES string of the molecule is [B]=CC(C#Cc1cc(N)c2nc3c4ccc5c6ccc7c8ccc9c%10ccc%11c(=O)n%12c%13cc(C#CC(CCCCCCCC)CCCCCCCCCC)cc([N+](=O)[O-])c%13nc%12c%12ccc(c%13ccc(c%14ccc(c%15ccc(c(=O)n3c2c1)c4c5%15)c6c7%14)c8c9%13)c%10c%11%12)CCCCCCCCCC. The van der Waals surface area contributed by atoms with Crippen molar-refractivity contribution in [2.75, 3.05) is 5.73 Å². The second-order valence-electron chi connectivity index (χ2n) is 29.6. The molecule has 4 heterocycles. The topological polar surface area (TPSA) is 138 Å². The van der Waals surface area contributed by atoms with E-state index in [0.717, 1.165) is 141 Å². The van der Waals surface area contributed by atoms with Crippen molar-refractivity contribution < 1.29 is 4.92 Å². The van der Waals surface area contributed by atoms with Crippen LogP contribution in [0.2, 0.25) is 0 Å². The van der Waals surface area contributed by atoms with E-state index >= 15 is 9.59 Å². The Hall–Kier alpha value is -10.2. The zero-order valence-corrected chi connectivity index (χ0v) is 59.0. The predicted octanol–water partition coefficient (Wildman–Crippen LogP) is 23.2. The van der Waals surface area contributed by atoms with Crippen LogP contribution in [0.25, 0.3) is 163 Å². The molecule has 102 heavy (non-hydrogen) atoms. The van der Waals surface area contributed by atoms with E-state index in [1.807, 2.05) is 30.3 Å². The van der Waals surface area contributed by atoms with Gasteiger partial charge in [-0.05, 0) is 123 Å². The van der Waals surface area contributed by atoms with Gasteiger partial charge in [0.2, 0.25) is 0 Å². The Morgan fingerprint density at radius 3 is 1.09 bits per heavy atom. The van der Waals surface area contributed by atoms with Gasteiger partial charge >= 0.3 is 207 Å². The average Bonchev–Trinajstić information content (AvgIpc) is 0.835. The van der Waals surface area contributed by atoms with Crippen LogP contribution in [0.3, 0.4) is 0 Å². The van der Waals surface area contributed by atoms with Crippen molar-refractivity contribution in [2.24, 2.45) is 11.8 Å². The molecule has 17 aromatic rings. The summed E-state index contributed by atoms with van der Waals surface area (Å²) in [6.45, 7) is 6.76. The molecule has 0 aliphatic rings. The van der Waals surface area contributed by atoms with Gasteiger partial charge in [-0.2, -0.15) is 0 Å². The molecule has 0 saturated heterocycles. The second kappa shape index (κ2) is 26.9. The summed E-state index contributed by atoms with van der Waals surface area (Å²) in [4.78, 5) is 53.4. The van der Waals surface area contributed by atoms with Crippen LogP contribution in [-0.4, -0.2) is 37.1 Å². The number of pyridine rings is 2. The first-order valence-electron chi connectivity index (χ1n) is 38.2. The number of nitro groups is 1. The van der Waals surface area contributed by atoms with E-state index < -0.39 is 0 Å². The van der Waals surface area contributed by atoms with E-state index in [2.05, 4.69) is 129 Å². The van der Waals surface area contributed by atoms with Crippen molar-refractivity contribution in [2.45, 2.75) is 181 Å². The molecule has 0 aliphatic carbocycles. The van der Waals surface area contributed by atoms with Crippen LogP contribution in [0.1, 0.15) is 192 Å². The van der Waals surface area contributed by atoms with E-state index in [-0.39, 0.29) is 39.1 Å². The molecule has 4 aromatic heterocycles. The zero-order valence-electron chi connectivity index (χ0n) is 59.0. The third kappa shape index (κ3) is 10.6. The number of anilines is 1. The van der Waals surface area contributed by atoms with E-state index in [0.29, 0.717) is 49.9 Å². The number of non-ortho nitro benzene ring substituents is 1. The summed E-state index contributed by atoms with van der Waals surface area (Å²) >= 11 is 0. The Morgan fingerprint density at radius 2 is 0.716 bits per heavy atom. The normalized spacial score (nSPS) is 13.0. The number of imidazole rings is 2. The van der Waals surface area contributed by atoms with Gasteiger partial charge in [0, 0.05) is 33.7 Å². The van der Waals surface area contributed by atoms with Crippen LogP contribution in [0.4, 0.5) is 11.4 Å². The first-order chi connectivity index (χ1) is 50.1. The van der Waals surface area contributed by atoms with Gasteiger partial charge in [-0.3, -0.25) is 19.3 Å². The first-order valence-corrected chi connectivity index (χ1v) is 38.2. The molecule has 2 atom stereocenters. The number of nitrogens with two attached hydrogens (primary N) is 1. The number of hydrogen-bond donors (Lipinski definition) is 1. The molecule has 11 heteroatoms. The number of fused-ring (bicyclic) bond motifs is 14. The molecule has 2 N–H and O–H groups in total. The van der Waals surface area contributed by atoms with Crippen LogP contribution in [0.5, 0.6) is 0 Å². The van der Waals surface area contributed by atoms with E-state index in [4.69, 9.17) is 23.2 Å². The molecule has 0 fully saturated rings. The Morgan fingerprint density at radius 1 is 0.412 bits per heavy atom. The van der Waals surface area contributed by atoms with Crippen LogP contribution < -0.4 is 16.9 Å². The van der Waals surface area contributed by atoms with Crippen molar-refractivity contribution in [3.63, 3.8) is 0 Å². The van der Waals surface area contributed by atoms with Gasteiger partial charge in [0.25, 0.3) is 11.2 Å². The Balaban J connectivity index is 0.744. The van der Waals surface area contributed by atoms with E-state index in [1.54, 1.807) is 20.8 Å². The number of benzene rings is 13. The van der Waals surface area contributed by atoms with Gasteiger partial charge in [-0.15, -0.1) is 0 Å². The van der Waals surface area contributed by atoms with Crippen LogP contribution >= 0.6 is 0 Å². The average molecular weight is 1340 g/mol. The molecule has 10 nitrogen and oxygen atoms in total. The zero-order chi connectivity index (χ0) is 69.4. The summed E-state index contributed by atoms with van der Waals surface area (Å²) < 4.78 is 3.33. The summed E-state index contributed by atoms with van der Waals surface area (Å²) in [5, 5.41) is 37.7. The summed E-state index contributed by atoms with van der Waals surface area (Å²) in [6, 6.07) is 42.2. The van der Waals surface area contributed by atoms with Gasteiger partial charge in [0.1, 0.15) is 5.65 Å². The number of hydrogen-bond acceptors (Lipinski definition) is 7. The molecule has 0 aliphatic heterocycles. The Kier molecular flexibility index (Phi) is 17.2. The second-order valence-corrected chi connectivity index (χ2v) is 29.6. The molecule has 0 saturated carbocycles. The molecule has 13 aromatic carbocycles. The fourth-order valence-corrected chi connectivity index (χ4v) is 18.1. The summed E-state index contributed by atoms with van der Waals surface area (Å²) in [5.41, 5.74) is 10.8. The number of nitro benzene ring substituents is 1. The number of rotatable bonds is 27. The first kappa shape index (κ1) is 65.1. The predicted molar refractivity (Wildman–Crippen MR) is 434 cm³/mol. The molecule has 2 unspecified atom stereocenters. The van der Waals surface area contributed by atoms with Gasteiger partial charge in [0.05, 0.1) is 10.4 Å². The fourth-order valence-electron chi connectivity index (χ4n) is 18.1. The molecule has 505 valence electrons. The standard InChI is InChI=1S/C91H84BN6O4/c1-4-7-10-13-16-18-21-24-27-54(26-23-20-15-12-9-6-3)29-31-57-51-76-87(77(52-57)98(101)102)95-89-71-46-42-67-63-38-34-59-60-35-39-64-68-43-47-72-84-70(88-94-86-74(93)49-56(50-75(86)96(88)90(72)99)32-30-55(53-92)28-25-22-19-17-14-11-8-5-2)45-41-66(82(68)84)62-37-33-58(78(60)80(62)64)61-36-40-65(81(63)79(59)61)69-44-48-73(85(71)83(67)69)91(100)97(76)89/h33-55H,4-28,93H2,1-3H3. The van der Waals surface area contributed by atoms with Crippen LogP contribution in [0, 0.1) is 45.6 Å². The van der Waals surface area contributed by atoms with Gasteiger partial charge in [-0.1, -0.05) is 176 Å². The van der Waals surface area contributed by atoms with Crippen molar-refractivity contribution >= 4 is 187 Å². The molecule has 0 amide bonds. The molecule has 0 spiro atoms. The molecular weight excluding hydrogens is 1250 g/mol. The minimum absolute atomic E-state index is 0.0457. The maximum atomic E-state index is 15.3. The van der Waals surface area contributed by atoms with Gasteiger partial charge in [-0.25, -0.2) is 4.98 Å². The van der Waals surface area contributed by atoms with Crippen molar-refractivity contribution in [1.82, 2.24) is 18.8 Å².